The van der Waals surface area contributed by atoms with Crippen LogP contribution in [0.25, 0.3) is 0 Å². The molecule has 0 saturated heterocycles. The Bertz CT molecular complexity index is 1030. The van der Waals surface area contributed by atoms with Crippen LogP contribution >= 0.6 is 11.6 Å². The van der Waals surface area contributed by atoms with Gasteiger partial charge < -0.3 is 9.47 Å². The average Bonchev–Trinajstić information content (AvgIpc) is 2.64. The highest BCUT2D eigenvalue weighted by Gasteiger charge is 2.33. The van der Waals surface area contributed by atoms with Gasteiger partial charge in [0.25, 0.3) is 10.0 Å². The lowest BCUT2D eigenvalue weighted by molar-refractivity contribution is -0.137. The second kappa shape index (κ2) is 9.43. The van der Waals surface area contributed by atoms with E-state index in [0.29, 0.717) is 6.07 Å². The molecule has 7 nitrogen and oxygen atoms in total. The number of alkyl halides is 3. The summed E-state index contributed by atoms with van der Waals surface area (Å²) in [6, 6.07) is 6.22. The number of ether oxygens (including phenoxy) is 2. The summed E-state index contributed by atoms with van der Waals surface area (Å²) < 4.78 is 76.5. The summed E-state index contributed by atoms with van der Waals surface area (Å²) in [6.07, 6.45) is -5.58. The molecule has 2 aromatic carbocycles. The predicted octanol–water partition coefficient (Wildman–Crippen LogP) is 5.13. The minimum absolute atomic E-state index is 0.0188. The van der Waals surface area contributed by atoms with E-state index in [2.05, 4.69) is 10.0 Å². The molecule has 0 saturated carbocycles. The number of hydrogen-bond acceptors (Lipinski definition) is 5. The predicted molar refractivity (Wildman–Crippen MR) is 106 cm³/mol. The van der Waals surface area contributed by atoms with E-state index in [1.54, 1.807) is 13.8 Å². The molecule has 2 aromatic rings. The molecule has 30 heavy (non-hydrogen) atoms. The quantitative estimate of drug-likeness (QED) is 0.590. The summed E-state index contributed by atoms with van der Waals surface area (Å²) in [6.45, 7) is 3.62. The van der Waals surface area contributed by atoms with Crippen LogP contribution in [0.5, 0.6) is 5.75 Å². The molecule has 0 bridgehead atoms. The number of halogens is 4. The summed E-state index contributed by atoms with van der Waals surface area (Å²) in [5.41, 5.74) is -1.49. The maximum absolute atomic E-state index is 13.0. The van der Waals surface area contributed by atoms with Crippen molar-refractivity contribution in [2.24, 2.45) is 0 Å². The summed E-state index contributed by atoms with van der Waals surface area (Å²) in [7, 11) is -4.30. The van der Waals surface area contributed by atoms with Crippen LogP contribution in [0.1, 0.15) is 19.4 Å². The molecule has 2 rings (SSSR count). The molecule has 0 aliphatic rings. The number of sulfonamides is 1. The van der Waals surface area contributed by atoms with Crippen molar-refractivity contribution in [2.45, 2.75) is 24.9 Å². The van der Waals surface area contributed by atoms with Crippen LogP contribution in [0.3, 0.4) is 0 Å². The Kier molecular flexibility index (Phi) is 7.43. The molecule has 0 atom stereocenters. The van der Waals surface area contributed by atoms with Crippen LogP contribution in [-0.4, -0.2) is 27.7 Å². The summed E-state index contributed by atoms with van der Waals surface area (Å²) in [4.78, 5) is 11.4. The molecule has 0 aliphatic heterocycles. The minimum atomic E-state index is -4.76. The van der Waals surface area contributed by atoms with Gasteiger partial charge in [-0.3, -0.25) is 10.0 Å². The van der Waals surface area contributed by atoms with E-state index in [4.69, 9.17) is 21.1 Å². The summed E-state index contributed by atoms with van der Waals surface area (Å²) >= 11 is 5.55. The molecule has 0 unspecified atom stereocenters. The highest BCUT2D eigenvalue weighted by atomic mass is 35.5. The number of anilines is 2. The van der Waals surface area contributed by atoms with Gasteiger partial charge in [-0.15, -0.1) is 0 Å². The number of carbonyl (C=O) groups is 1. The fourth-order valence-corrected chi connectivity index (χ4v) is 3.65. The van der Waals surface area contributed by atoms with Crippen molar-refractivity contribution in [1.29, 1.82) is 0 Å². The molecular weight excluding hydrogens is 449 g/mol. The monoisotopic (exact) mass is 466 g/mol. The van der Waals surface area contributed by atoms with E-state index < -0.39 is 32.9 Å². The lowest BCUT2D eigenvalue weighted by atomic mass is 10.2. The Morgan fingerprint density at radius 1 is 1.10 bits per heavy atom. The molecule has 0 radical (unpaired) electrons. The van der Waals surface area contributed by atoms with Gasteiger partial charge in [0.2, 0.25) is 0 Å². The molecule has 164 valence electrons. The van der Waals surface area contributed by atoms with Gasteiger partial charge in [-0.2, -0.15) is 13.2 Å². The normalized spacial score (nSPS) is 11.7. The molecule has 0 aliphatic carbocycles. The van der Waals surface area contributed by atoms with E-state index in [1.165, 1.54) is 12.1 Å². The van der Waals surface area contributed by atoms with Gasteiger partial charge in [-0.05, 0) is 50.2 Å². The van der Waals surface area contributed by atoms with E-state index in [9.17, 15) is 26.4 Å². The molecule has 0 aromatic heterocycles. The fourth-order valence-electron chi connectivity index (χ4n) is 2.35. The Morgan fingerprint density at radius 3 is 2.40 bits per heavy atom. The third-order valence-corrected chi connectivity index (χ3v) is 5.31. The highest BCUT2D eigenvalue weighted by Crippen LogP contribution is 2.37. The maximum atomic E-state index is 13.0. The first-order chi connectivity index (χ1) is 14.0. The van der Waals surface area contributed by atoms with Crippen molar-refractivity contribution in [3.63, 3.8) is 0 Å². The Balaban J connectivity index is 2.39. The smallest absolute Gasteiger partial charge is 0.417 e. The molecule has 12 heteroatoms. The van der Waals surface area contributed by atoms with Crippen LogP contribution in [0, 0.1) is 0 Å². The third-order valence-electron chi connectivity index (χ3n) is 3.60. The van der Waals surface area contributed by atoms with Gasteiger partial charge in [-0.1, -0.05) is 11.6 Å². The van der Waals surface area contributed by atoms with Crippen molar-refractivity contribution in [1.82, 2.24) is 0 Å². The van der Waals surface area contributed by atoms with Crippen LogP contribution in [0.4, 0.5) is 29.3 Å². The van der Waals surface area contributed by atoms with Crippen LogP contribution in [-0.2, 0) is 20.9 Å². The van der Waals surface area contributed by atoms with Crippen molar-refractivity contribution in [3.8, 4) is 5.75 Å². The number of benzene rings is 2. The van der Waals surface area contributed by atoms with Gasteiger partial charge >= 0.3 is 12.3 Å². The second-order valence-corrected chi connectivity index (χ2v) is 7.82. The number of carbonyl (C=O) groups excluding carboxylic acids is 1. The zero-order chi connectivity index (χ0) is 22.5. The first-order valence-corrected chi connectivity index (χ1v) is 10.4. The maximum Gasteiger partial charge on any atom is 0.417 e. The highest BCUT2D eigenvalue weighted by molar-refractivity contribution is 7.92. The Labute approximate surface area is 176 Å². The van der Waals surface area contributed by atoms with E-state index in [1.807, 2.05) is 0 Å². The first-order valence-electron chi connectivity index (χ1n) is 8.58. The zero-order valence-electron chi connectivity index (χ0n) is 15.8. The Hall–Kier alpha value is -2.66. The molecule has 1 amide bonds. The topological polar surface area (TPSA) is 93.7 Å². The van der Waals surface area contributed by atoms with E-state index >= 15 is 0 Å². The lowest BCUT2D eigenvalue weighted by Gasteiger charge is -2.15. The second-order valence-electron chi connectivity index (χ2n) is 5.73. The van der Waals surface area contributed by atoms with Crippen molar-refractivity contribution in [2.75, 3.05) is 23.3 Å². The largest absolute Gasteiger partial charge is 0.492 e. The van der Waals surface area contributed by atoms with Crippen molar-refractivity contribution < 1.29 is 35.9 Å². The zero-order valence-corrected chi connectivity index (χ0v) is 17.4. The van der Waals surface area contributed by atoms with Crippen LogP contribution < -0.4 is 14.8 Å². The number of rotatable bonds is 7. The van der Waals surface area contributed by atoms with E-state index in [0.717, 1.165) is 18.2 Å². The first kappa shape index (κ1) is 23.6. The molecule has 0 heterocycles. The van der Waals surface area contributed by atoms with Crippen molar-refractivity contribution >= 4 is 39.1 Å². The third kappa shape index (κ3) is 5.92. The molecule has 2 N–H and O–H groups in total. The average molecular weight is 467 g/mol. The van der Waals surface area contributed by atoms with Crippen molar-refractivity contribution in [3.05, 3.63) is 47.0 Å². The standard InChI is InChI=1S/C18H18ClF3N2O5S/c1-3-28-16-8-6-12(10-15(16)23-17(25)29-4-2)30(26,27)24-11-5-7-14(19)13(9-11)18(20,21)22/h5-10,24H,3-4H2,1-2H3,(H,23,25). The summed E-state index contributed by atoms with van der Waals surface area (Å²) in [5.74, 6) is 0.190. The molecule has 0 spiro atoms. The van der Waals surface area contributed by atoms with Crippen LogP contribution in [0.15, 0.2) is 41.3 Å². The Morgan fingerprint density at radius 2 is 1.80 bits per heavy atom. The number of nitrogens with one attached hydrogen (secondary N) is 2. The lowest BCUT2D eigenvalue weighted by Crippen LogP contribution is -2.17. The summed E-state index contributed by atoms with van der Waals surface area (Å²) in [5, 5.41) is 1.80. The SMILES string of the molecule is CCOC(=O)Nc1cc(S(=O)(=O)Nc2ccc(Cl)c(C(F)(F)F)c2)ccc1OCC. The number of hydrogen-bond donors (Lipinski definition) is 2. The van der Waals surface area contributed by atoms with Crippen LogP contribution in [0.2, 0.25) is 5.02 Å². The van der Waals surface area contributed by atoms with Gasteiger partial charge in [-0.25, -0.2) is 13.2 Å². The van der Waals surface area contributed by atoms with E-state index in [-0.39, 0.29) is 35.2 Å². The minimum Gasteiger partial charge on any atom is -0.492 e. The van der Waals surface area contributed by atoms with Gasteiger partial charge in [0.1, 0.15) is 5.75 Å². The van der Waals surface area contributed by atoms with Gasteiger partial charge in [0.15, 0.2) is 0 Å². The fraction of sp³-hybridized carbons (Fsp3) is 0.278. The van der Waals surface area contributed by atoms with Gasteiger partial charge in [0, 0.05) is 5.69 Å². The molecule has 0 fully saturated rings. The number of amides is 1. The van der Waals surface area contributed by atoms with Gasteiger partial charge in [0.05, 0.1) is 34.4 Å². The molecular formula is C18H18ClF3N2O5S.